The van der Waals surface area contributed by atoms with Gasteiger partial charge in [0.1, 0.15) is 5.71 Å². The molecule has 2 amide bonds. The Balaban J connectivity index is 1.83. The first kappa shape index (κ1) is 21.8. The van der Waals surface area contributed by atoms with Crippen molar-refractivity contribution in [1.29, 1.82) is 0 Å². The molecule has 1 unspecified atom stereocenters. The number of hydrogen-bond acceptors (Lipinski definition) is 5. The van der Waals surface area contributed by atoms with Crippen LogP contribution < -0.4 is 5.32 Å². The third-order valence-electron chi connectivity index (χ3n) is 5.83. The number of nitrogens with zero attached hydrogens (tertiary/aromatic N) is 2. The average Bonchev–Trinajstić information content (AvgIpc) is 3.06. The summed E-state index contributed by atoms with van der Waals surface area (Å²) in [6, 6.07) is 6.90. The van der Waals surface area contributed by atoms with Crippen LogP contribution in [0.25, 0.3) is 0 Å². The van der Waals surface area contributed by atoms with Crippen molar-refractivity contribution in [2.45, 2.75) is 57.5 Å². The third-order valence-corrected chi connectivity index (χ3v) is 7.84. The molecule has 9 heteroatoms. The topological polar surface area (TPSA) is 95.9 Å². The summed E-state index contributed by atoms with van der Waals surface area (Å²) in [7, 11) is -3.16. The van der Waals surface area contributed by atoms with Crippen LogP contribution in [0.3, 0.4) is 0 Å². The zero-order valence-electron chi connectivity index (χ0n) is 16.7. The summed E-state index contributed by atoms with van der Waals surface area (Å²) >= 11 is 6.00. The quantitative estimate of drug-likeness (QED) is 0.736. The van der Waals surface area contributed by atoms with Crippen molar-refractivity contribution in [2.24, 2.45) is 5.10 Å². The molecule has 1 fully saturated rings. The lowest BCUT2D eigenvalue weighted by atomic mass is 9.84. The van der Waals surface area contributed by atoms with E-state index in [-0.39, 0.29) is 41.9 Å². The van der Waals surface area contributed by atoms with Crippen molar-refractivity contribution >= 4 is 39.0 Å². The van der Waals surface area contributed by atoms with Crippen molar-refractivity contribution in [3.63, 3.8) is 0 Å². The maximum Gasteiger partial charge on any atom is 0.268 e. The second-order valence-corrected chi connectivity index (χ2v) is 10.3. The minimum Gasteiger partial charge on any atom is -0.341 e. The summed E-state index contributed by atoms with van der Waals surface area (Å²) in [5, 5.41) is 9.22. The highest BCUT2D eigenvalue weighted by molar-refractivity contribution is 7.91. The Morgan fingerprint density at radius 3 is 2.45 bits per heavy atom. The maximum absolute atomic E-state index is 13.0. The lowest BCUT2D eigenvalue weighted by Gasteiger charge is -2.35. The molecule has 0 aliphatic carbocycles. The normalized spacial score (nSPS) is 21.8. The molecule has 2 aliphatic heterocycles. The number of carbonyl (C=O) groups excluding carboxylic acids is 2. The van der Waals surface area contributed by atoms with E-state index in [0.29, 0.717) is 24.3 Å². The largest absolute Gasteiger partial charge is 0.341 e. The van der Waals surface area contributed by atoms with Crippen LogP contribution in [0.1, 0.15) is 51.5 Å². The average molecular weight is 440 g/mol. The highest BCUT2D eigenvalue weighted by Gasteiger charge is 2.38. The van der Waals surface area contributed by atoms with Crippen LogP contribution in [0.4, 0.5) is 0 Å². The van der Waals surface area contributed by atoms with E-state index in [4.69, 9.17) is 11.6 Å². The summed E-state index contributed by atoms with van der Waals surface area (Å²) in [4.78, 5) is 25.3. The van der Waals surface area contributed by atoms with E-state index in [9.17, 15) is 18.0 Å². The van der Waals surface area contributed by atoms with E-state index in [1.54, 1.807) is 12.1 Å². The van der Waals surface area contributed by atoms with Crippen molar-refractivity contribution in [2.75, 3.05) is 11.5 Å². The number of rotatable bonds is 6. The Kier molecular flexibility index (Phi) is 6.33. The SMILES string of the molecule is CCC(CC)(NC(=O)C1=NN(C2CCS(=O)(=O)C2)C(=O)CC1)c1ccc(Cl)cc1. The minimum absolute atomic E-state index is 0.0455. The molecule has 0 bridgehead atoms. The van der Waals surface area contributed by atoms with Crippen molar-refractivity contribution < 1.29 is 18.0 Å². The van der Waals surface area contributed by atoms with Crippen LogP contribution in [0.15, 0.2) is 29.4 Å². The van der Waals surface area contributed by atoms with Crippen LogP contribution >= 0.6 is 11.6 Å². The molecule has 2 heterocycles. The summed E-state index contributed by atoms with van der Waals surface area (Å²) in [6.45, 7) is 4.00. The predicted octanol–water partition coefficient (Wildman–Crippen LogP) is 2.64. The molecule has 29 heavy (non-hydrogen) atoms. The molecule has 2 aliphatic rings. The summed E-state index contributed by atoms with van der Waals surface area (Å²) in [5.41, 5.74) is 0.633. The van der Waals surface area contributed by atoms with Gasteiger partial charge in [-0.3, -0.25) is 9.59 Å². The van der Waals surface area contributed by atoms with Crippen LogP contribution in [0.2, 0.25) is 5.02 Å². The second kappa shape index (κ2) is 8.44. The van der Waals surface area contributed by atoms with Gasteiger partial charge in [-0.1, -0.05) is 37.6 Å². The molecular formula is C20H26ClN3O4S. The number of sulfone groups is 1. The van der Waals surface area contributed by atoms with Crippen molar-refractivity contribution in [3.8, 4) is 0 Å². The molecule has 3 rings (SSSR count). The molecule has 1 atom stereocenters. The molecule has 1 aromatic carbocycles. The van der Waals surface area contributed by atoms with Crippen molar-refractivity contribution in [3.05, 3.63) is 34.9 Å². The Morgan fingerprint density at radius 2 is 1.90 bits per heavy atom. The number of hydrogen-bond donors (Lipinski definition) is 1. The first-order valence-corrected chi connectivity index (χ1v) is 12.1. The van der Waals surface area contributed by atoms with Gasteiger partial charge in [0.15, 0.2) is 9.84 Å². The molecule has 1 saturated heterocycles. The van der Waals surface area contributed by atoms with E-state index >= 15 is 0 Å². The fourth-order valence-electron chi connectivity index (χ4n) is 3.95. The van der Waals surface area contributed by atoms with Gasteiger partial charge >= 0.3 is 0 Å². The number of carbonyl (C=O) groups is 2. The van der Waals surface area contributed by atoms with Crippen LogP contribution in [0, 0.1) is 0 Å². The summed E-state index contributed by atoms with van der Waals surface area (Å²) in [6.07, 6.45) is 2.09. The van der Waals surface area contributed by atoms with E-state index in [1.165, 1.54) is 5.01 Å². The van der Waals surface area contributed by atoms with E-state index in [2.05, 4.69) is 10.4 Å². The van der Waals surface area contributed by atoms with E-state index < -0.39 is 21.4 Å². The minimum atomic E-state index is -3.16. The number of hydrazone groups is 1. The van der Waals surface area contributed by atoms with Gasteiger partial charge in [-0.05, 0) is 37.0 Å². The van der Waals surface area contributed by atoms with Gasteiger partial charge in [0.25, 0.3) is 5.91 Å². The number of amides is 2. The predicted molar refractivity (Wildman–Crippen MR) is 112 cm³/mol. The van der Waals surface area contributed by atoms with Gasteiger partial charge in [-0.15, -0.1) is 0 Å². The highest BCUT2D eigenvalue weighted by Crippen LogP contribution is 2.30. The lowest BCUT2D eigenvalue weighted by molar-refractivity contribution is -0.133. The maximum atomic E-state index is 13.0. The van der Waals surface area contributed by atoms with E-state index in [0.717, 1.165) is 5.56 Å². The molecule has 158 valence electrons. The van der Waals surface area contributed by atoms with E-state index in [1.807, 2.05) is 26.0 Å². The highest BCUT2D eigenvalue weighted by atomic mass is 35.5. The first-order chi connectivity index (χ1) is 13.7. The van der Waals surface area contributed by atoms with Gasteiger partial charge in [-0.2, -0.15) is 5.10 Å². The third kappa shape index (κ3) is 4.64. The van der Waals surface area contributed by atoms with Crippen LogP contribution in [-0.4, -0.2) is 48.5 Å². The van der Waals surface area contributed by atoms with Crippen LogP contribution in [-0.2, 0) is 25.0 Å². The Morgan fingerprint density at radius 1 is 1.24 bits per heavy atom. The van der Waals surface area contributed by atoms with Crippen LogP contribution in [0.5, 0.6) is 0 Å². The standard InChI is InChI=1S/C20H26ClN3O4S/c1-3-20(4-2,14-5-7-15(21)8-6-14)22-19(26)17-9-10-18(25)24(23-17)16-11-12-29(27,28)13-16/h5-8,16H,3-4,9-13H2,1-2H3,(H,22,26). The fraction of sp³-hybridized carbons (Fsp3) is 0.550. The number of halogens is 1. The summed E-state index contributed by atoms with van der Waals surface area (Å²) in [5.74, 6) is -0.625. The Labute approximate surface area is 176 Å². The monoisotopic (exact) mass is 439 g/mol. The lowest BCUT2D eigenvalue weighted by Crippen LogP contribution is -2.50. The van der Waals surface area contributed by atoms with Gasteiger partial charge in [0.2, 0.25) is 5.91 Å². The fourth-order valence-corrected chi connectivity index (χ4v) is 5.77. The smallest absolute Gasteiger partial charge is 0.268 e. The van der Waals surface area contributed by atoms with Gasteiger partial charge in [0.05, 0.1) is 23.1 Å². The second-order valence-electron chi connectivity index (χ2n) is 7.59. The van der Waals surface area contributed by atoms with Gasteiger partial charge < -0.3 is 5.32 Å². The Hall–Kier alpha value is -1.93. The zero-order valence-corrected chi connectivity index (χ0v) is 18.2. The van der Waals surface area contributed by atoms with Gasteiger partial charge in [-0.25, -0.2) is 13.4 Å². The first-order valence-electron chi connectivity index (χ1n) is 9.88. The molecule has 0 saturated carbocycles. The molecule has 1 aromatic rings. The Bertz CT molecular complexity index is 924. The van der Waals surface area contributed by atoms with Crippen molar-refractivity contribution in [1.82, 2.24) is 10.3 Å². The molecular weight excluding hydrogens is 414 g/mol. The summed E-state index contributed by atoms with van der Waals surface area (Å²) < 4.78 is 23.6. The van der Waals surface area contributed by atoms with Gasteiger partial charge in [0, 0.05) is 17.9 Å². The number of nitrogens with one attached hydrogen (secondary N) is 1. The molecule has 0 aromatic heterocycles. The zero-order chi connectivity index (χ0) is 21.2. The molecule has 1 N–H and O–H groups in total. The molecule has 7 nitrogen and oxygen atoms in total. The number of benzene rings is 1. The molecule has 0 radical (unpaired) electrons. The molecule has 0 spiro atoms.